The second-order valence-corrected chi connectivity index (χ2v) is 2.79. The Kier molecular flexibility index (Phi) is 3.00. The molecular weight excluding hydrogens is 188 g/mol. The molecule has 1 rings (SSSR count). The average molecular weight is 198 g/mol. The Balaban J connectivity index is 3.12. The van der Waals surface area contributed by atoms with Gasteiger partial charge in [0.15, 0.2) is 5.75 Å². The Morgan fingerprint density at radius 2 is 2.21 bits per heavy atom. The van der Waals surface area contributed by atoms with Crippen molar-refractivity contribution < 1.29 is 15.1 Å². The first-order valence-corrected chi connectivity index (χ1v) is 3.90. The predicted octanol–water partition coefficient (Wildman–Crippen LogP) is 0.292. The van der Waals surface area contributed by atoms with Crippen molar-refractivity contribution in [3.63, 3.8) is 0 Å². The normalized spacial score (nSPS) is 12.4. The van der Waals surface area contributed by atoms with Crippen LogP contribution >= 0.6 is 0 Å². The van der Waals surface area contributed by atoms with Gasteiger partial charge in [-0.15, -0.1) is 0 Å². The van der Waals surface area contributed by atoms with Crippen molar-refractivity contribution in [1.82, 2.24) is 0 Å². The lowest BCUT2D eigenvalue weighted by Gasteiger charge is -2.07. The molecule has 0 aromatic heterocycles. The molecule has 0 saturated heterocycles. The number of nitro groups is 1. The lowest BCUT2D eigenvalue weighted by atomic mass is 10.1. The van der Waals surface area contributed by atoms with Crippen LogP contribution in [-0.2, 0) is 0 Å². The summed E-state index contributed by atoms with van der Waals surface area (Å²) in [5.41, 5.74) is 5.46. The molecule has 0 bridgehead atoms. The molecule has 0 aliphatic heterocycles. The second kappa shape index (κ2) is 4.03. The van der Waals surface area contributed by atoms with E-state index in [0.717, 1.165) is 6.07 Å². The minimum Gasteiger partial charge on any atom is -0.502 e. The molecular formula is C8H10N2O4. The molecule has 1 atom stereocenters. The van der Waals surface area contributed by atoms with Gasteiger partial charge in [0, 0.05) is 6.07 Å². The van der Waals surface area contributed by atoms with Gasteiger partial charge in [-0.25, -0.2) is 0 Å². The fourth-order valence-corrected chi connectivity index (χ4v) is 1.02. The Labute approximate surface area is 79.7 Å². The van der Waals surface area contributed by atoms with Gasteiger partial charge in [0.2, 0.25) is 0 Å². The van der Waals surface area contributed by atoms with Crippen LogP contribution in [0.25, 0.3) is 0 Å². The monoisotopic (exact) mass is 198 g/mol. The Morgan fingerprint density at radius 1 is 1.57 bits per heavy atom. The third-order valence-electron chi connectivity index (χ3n) is 1.82. The highest BCUT2D eigenvalue weighted by Gasteiger charge is 2.15. The SMILES string of the molecule is N[C@H](CO)c1ccc(O)c([N+](=O)[O-])c1. The Hall–Kier alpha value is -1.66. The standard InChI is InChI=1S/C8H10N2O4/c9-6(4-11)5-1-2-8(12)7(3-5)10(13)14/h1-3,6,11-12H,4,9H2/t6-/m1/s1. The van der Waals surface area contributed by atoms with E-state index in [0.29, 0.717) is 5.56 Å². The second-order valence-electron chi connectivity index (χ2n) is 2.79. The van der Waals surface area contributed by atoms with Crippen LogP contribution in [0, 0.1) is 10.1 Å². The number of nitro benzene ring substituents is 1. The predicted molar refractivity (Wildman–Crippen MR) is 48.8 cm³/mol. The van der Waals surface area contributed by atoms with Gasteiger partial charge in [0.1, 0.15) is 0 Å². The quantitative estimate of drug-likeness (QED) is 0.477. The van der Waals surface area contributed by atoms with Crippen LogP contribution in [0.3, 0.4) is 0 Å². The Bertz CT molecular complexity index is 353. The average Bonchev–Trinajstić information content (AvgIpc) is 2.17. The number of aromatic hydroxyl groups is 1. The minimum absolute atomic E-state index is 0.304. The fourth-order valence-electron chi connectivity index (χ4n) is 1.02. The molecule has 14 heavy (non-hydrogen) atoms. The van der Waals surface area contributed by atoms with Crippen molar-refractivity contribution in [3.05, 3.63) is 33.9 Å². The molecule has 0 radical (unpaired) electrons. The van der Waals surface area contributed by atoms with E-state index < -0.39 is 22.4 Å². The minimum atomic E-state index is -0.705. The van der Waals surface area contributed by atoms with Crippen LogP contribution in [0.4, 0.5) is 5.69 Å². The number of rotatable bonds is 3. The summed E-state index contributed by atoms with van der Waals surface area (Å²) in [7, 11) is 0. The summed E-state index contributed by atoms with van der Waals surface area (Å²) in [4.78, 5) is 9.72. The zero-order valence-corrected chi connectivity index (χ0v) is 7.25. The summed E-state index contributed by atoms with van der Waals surface area (Å²) < 4.78 is 0. The zero-order chi connectivity index (χ0) is 10.7. The van der Waals surface area contributed by atoms with Crippen LogP contribution in [0.15, 0.2) is 18.2 Å². The molecule has 6 heteroatoms. The van der Waals surface area contributed by atoms with Crippen LogP contribution in [0.1, 0.15) is 11.6 Å². The largest absolute Gasteiger partial charge is 0.502 e. The number of hydrogen-bond donors (Lipinski definition) is 3. The highest BCUT2D eigenvalue weighted by molar-refractivity contribution is 5.48. The maximum Gasteiger partial charge on any atom is 0.311 e. The lowest BCUT2D eigenvalue weighted by molar-refractivity contribution is -0.385. The molecule has 0 unspecified atom stereocenters. The molecule has 76 valence electrons. The lowest BCUT2D eigenvalue weighted by Crippen LogP contribution is -2.14. The molecule has 1 aromatic carbocycles. The summed E-state index contributed by atoms with van der Waals surface area (Å²) in [5, 5.41) is 28.3. The van der Waals surface area contributed by atoms with E-state index in [2.05, 4.69) is 0 Å². The van der Waals surface area contributed by atoms with Gasteiger partial charge < -0.3 is 15.9 Å². The first kappa shape index (κ1) is 10.4. The number of phenols is 1. The van der Waals surface area contributed by atoms with Crippen molar-refractivity contribution in [1.29, 1.82) is 0 Å². The van der Waals surface area contributed by atoms with Crippen molar-refractivity contribution in [2.45, 2.75) is 6.04 Å². The summed E-state index contributed by atoms with van der Waals surface area (Å²) in [5.74, 6) is -0.413. The number of benzene rings is 1. The molecule has 4 N–H and O–H groups in total. The highest BCUT2D eigenvalue weighted by atomic mass is 16.6. The topological polar surface area (TPSA) is 110 Å². The van der Waals surface area contributed by atoms with Gasteiger partial charge in [0.25, 0.3) is 0 Å². The number of phenolic OH excluding ortho intramolecular Hbond substituents is 1. The molecule has 0 heterocycles. The van der Waals surface area contributed by atoms with Crippen LogP contribution in [-0.4, -0.2) is 21.7 Å². The summed E-state index contributed by atoms with van der Waals surface area (Å²) in [6, 6.07) is 3.09. The molecule has 1 aromatic rings. The van der Waals surface area contributed by atoms with Gasteiger partial charge in [-0.3, -0.25) is 10.1 Å². The third kappa shape index (κ3) is 1.98. The third-order valence-corrected chi connectivity index (χ3v) is 1.82. The van der Waals surface area contributed by atoms with E-state index >= 15 is 0 Å². The number of nitrogens with zero attached hydrogens (tertiary/aromatic N) is 1. The van der Waals surface area contributed by atoms with E-state index in [-0.39, 0.29) is 6.61 Å². The highest BCUT2D eigenvalue weighted by Crippen LogP contribution is 2.27. The van der Waals surface area contributed by atoms with Crippen LogP contribution in [0.5, 0.6) is 5.75 Å². The summed E-state index contributed by atoms with van der Waals surface area (Å²) in [6.07, 6.45) is 0. The number of aliphatic hydroxyl groups is 1. The fraction of sp³-hybridized carbons (Fsp3) is 0.250. The van der Waals surface area contributed by atoms with E-state index in [1.165, 1.54) is 12.1 Å². The number of aliphatic hydroxyl groups excluding tert-OH is 1. The Morgan fingerprint density at radius 3 is 2.71 bits per heavy atom. The number of nitrogens with two attached hydrogens (primary N) is 1. The molecule has 0 spiro atoms. The van der Waals surface area contributed by atoms with Gasteiger partial charge >= 0.3 is 5.69 Å². The maximum atomic E-state index is 10.4. The van der Waals surface area contributed by atoms with E-state index in [9.17, 15) is 10.1 Å². The molecule has 6 nitrogen and oxygen atoms in total. The van der Waals surface area contributed by atoms with Crippen molar-refractivity contribution in [3.8, 4) is 5.75 Å². The number of hydrogen-bond acceptors (Lipinski definition) is 5. The van der Waals surface area contributed by atoms with Gasteiger partial charge in [-0.2, -0.15) is 0 Å². The summed E-state index contributed by atoms with van der Waals surface area (Å²) in [6.45, 7) is -0.304. The molecule has 0 amide bonds. The van der Waals surface area contributed by atoms with Crippen LogP contribution in [0.2, 0.25) is 0 Å². The van der Waals surface area contributed by atoms with Gasteiger partial charge in [0.05, 0.1) is 17.6 Å². The van der Waals surface area contributed by atoms with Crippen LogP contribution < -0.4 is 5.73 Å². The molecule has 0 saturated carbocycles. The smallest absolute Gasteiger partial charge is 0.311 e. The zero-order valence-electron chi connectivity index (χ0n) is 7.25. The molecule has 0 fully saturated rings. The summed E-state index contributed by atoms with van der Waals surface area (Å²) >= 11 is 0. The molecule has 0 aliphatic rings. The molecule has 0 aliphatic carbocycles. The van der Waals surface area contributed by atoms with Crippen molar-refractivity contribution in [2.24, 2.45) is 5.73 Å². The maximum absolute atomic E-state index is 10.4. The van der Waals surface area contributed by atoms with Gasteiger partial charge in [-0.1, -0.05) is 6.07 Å². The first-order valence-electron chi connectivity index (χ1n) is 3.90. The van der Waals surface area contributed by atoms with Crippen molar-refractivity contribution >= 4 is 5.69 Å². The van der Waals surface area contributed by atoms with Crippen molar-refractivity contribution in [2.75, 3.05) is 6.61 Å². The van der Waals surface area contributed by atoms with E-state index in [1.807, 2.05) is 0 Å². The first-order chi connectivity index (χ1) is 6.56. The van der Waals surface area contributed by atoms with E-state index in [4.69, 9.17) is 15.9 Å². The van der Waals surface area contributed by atoms with E-state index in [1.54, 1.807) is 0 Å². The van der Waals surface area contributed by atoms with Gasteiger partial charge in [-0.05, 0) is 11.6 Å².